The molecule has 8 heteroatoms. The van der Waals surface area contributed by atoms with E-state index in [2.05, 4.69) is 10.3 Å². The van der Waals surface area contributed by atoms with Gasteiger partial charge in [0.2, 0.25) is 5.91 Å². The minimum atomic E-state index is -0.288. The van der Waals surface area contributed by atoms with Gasteiger partial charge in [0.15, 0.2) is 11.5 Å². The van der Waals surface area contributed by atoms with Gasteiger partial charge in [-0.1, -0.05) is 0 Å². The minimum absolute atomic E-state index is 0.0825. The molecule has 0 atom stereocenters. The highest BCUT2D eigenvalue weighted by Gasteiger charge is 2.20. The second-order valence-corrected chi connectivity index (χ2v) is 8.06. The lowest BCUT2D eigenvalue weighted by Gasteiger charge is -2.19. The van der Waals surface area contributed by atoms with E-state index in [4.69, 9.17) is 9.47 Å². The quantitative estimate of drug-likeness (QED) is 0.735. The van der Waals surface area contributed by atoms with Gasteiger partial charge >= 0.3 is 0 Å². The monoisotopic (exact) mass is 397 g/mol. The minimum Gasteiger partial charge on any atom is -0.486 e. The van der Waals surface area contributed by atoms with E-state index in [0.29, 0.717) is 35.8 Å². The summed E-state index contributed by atoms with van der Waals surface area (Å²) < 4.78 is 12.4. The van der Waals surface area contributed by atoms with E-state index in [1.807, 2.05) is 0 Å². The number of anilines is 1. The van der Waals surface area contributed by atoms with Gasteiger partial charge in [0.1, 0.15) is 24.6 Å². The lowest BCUT2D eigenvalue weighted by molar-refractivity contribution is -0.116. The number of aromatic nitrogens is 2. The molecule has 0 bridgehead atoms. The molecule has 0 spiro atoms. The zero-order chi connectivity index (χ0) is 19.1. The number of nitrogens with one attached hydrogen (secondary N) is 1. The van der Waals surface area contributed by atoms with Gasteiger partial charge in [-0.05, 0) is 43.4 Å². The lowest BCUT2D eigenvalue weighted by Crippen LogP contribution is -2.28. The van der Waals surface area contributed by atoms with Crippen LogP contribution in [0.2, 0.25) is 0 Å². The summed E-state index contributed by atoms with van der Waals surface area (Å²) >= 11 is 1.61. The molecule has 2 aromatic heterocycles. The summed E-state index contributed by atoms with van der Waals surface area (Å²) in [5.74, 6) is 0.982. The van der Waals surface area contributed by atoms with Crippen LogP contribution in [0, 0.1) is 0 Å². The van der Waals surface area contributed by atoms with E-state index in [0.717, 1.165) is 36.1 Å². The fourth-order valence-corrected chi connectivity index (χ4v) is 4.99. The number of nitrogens with zero attached hydrogens (tertiary/aromatic N) is 2. The van der Waals surface area contributed by atoms with Crippen molar-refractivity contribution in [3.05, 3.63) is 45.3 Å². The standard InChI is InChI=1S/C20H19N3O4S/c24-17(22-12-5-6-14-15(9-12)27-8-7-26-14)10-23-11-21-19-18(20(23)25)13-3-1-2-4-16(13)28-19/h5-6,9,11H,1-4,7-8,10H2,(H,22,24). The highest BCUT2D eigenvalue weighted by molar-refractivity contribution is 7.18. The number of ether oxygens (including phenoxy) is 2. The molecule has 1 N–H and O–H groups in total. The average Bonchev–Trinajstić information content (AvgIpc) is 3.09. The van der Waals surface area contributed by atoms with Crippen molar-refractivity contribution in [2.24, 2.45) is 0 Å². The first-order valence-corrected chi connectivity index (χ1v) is 10.2. The predicted octanol–water partition coefficient (Wildman–Crippen LogP) is 2.75. The number of hydrogen-bond donors (Lipinski definition) is 1. The Labute approximate surface area is 164 Å². The van der Waals surface area contributed by atoms with Gasteiger partial charge < -0.3 is 14.8 Å². The second-order valence-electron chi connectivity index (χ2n) is 6.98. The largest absolute Gasteiger partial charge is 0.486 e. The van der Waals surface area contributed by atoms with E-state index >= 15 is 0 Å². The molecule has 0 fully saturated rings. The number of carbonyl (C=O) groups is 1. The molecule has 0 saturated carbocycles. The summed E-state index contributed by atoms with van der Waals surface area (Å²) in [7, 11) is 0. The number of aryl methyl sites for hydroxylation is 2. The van der Waals surface area contributed by atoms with Gasteiger partial charge in [-0.2, -0.15) is 0 Å². The molecule has 3 heterocycles. The van der Waals surface area contributed by atoms with Gasteiger partial charge in [0.25, 0.3) is 5.56 Å². The van der Waals surface area contributed by atoms with Gasteiger partial charge in [-0.15, -0.1) is 11.3 Å². The Morgan fingerprint density at radius 3 is 2.89 bits per heavy atom. The van der Waals surface area contributed by atoms with E-state index < -0.39 is 0 Å². The van der Waals surface area contributed by atoms with Crippen molar-refractivity contribution in [1.29, 1.82) is 0 Å². The van der Waals surface area contributed by atoms with E-state index in [1.165, 1.54) is 15.8 Å². The molecule has 5 rings (SSSR count). The molecular weight excluding hydrogens is 378 g/mol. The number of fused-ring (bicyclic) bond motifs is 4. The third kappa shape index (κ3) is 3.03. The maximum Gasteiger partial charge on any atom is 0.262 e. The molecular formula is C20H19N3O4S. The van der Waals surface area contributed by atoms with Crippen LogP contribution in [-0.2, 0) is 24.2 Å². The van der Waals surface area contributed by atoms with Crippen molar-refractivity contribution in [1.82, 2.24) is 9.55 Å². The Bertz CT molecular complexity index is 1130. The lowest BCUT2D eigenvalue weighted by atomic mass is 9.97. The Hall–Kier alpha value is -2.87. The van der Waals surface area contributed by atoms with Crippen LogP contribution in [0.15, 0.2) is 29.3 Å². The highest BCUT2D eigenvalue weighted by atomic mass is 32.1. The molecule has 1 aliphatic carbocycles. The topological polar surface area (TPSA) is 82.5 Å². The molecule has 0 unspecified atom stereocenters. The summed E-state index contributed by atoms with van der Waals surface area (Å²) in [6, 6.07) is 5.25. The smallest absolute Gasteiger partial charge is 0.262 e. The first-order valence-electron chi connectivity index (χ1n) is 9.38. The Kier molecular flexibility index (Phi) is 4.27. The first kappa shape index (κ1) is 17.2. The molecule has 3 aromatic rings. The van der Waals surface area contributed by atoms with Gasteiger partial charge in [0.05, 0.1) is 11.7 Å². The van der Waals surface area contributed by atoms with Crippen molar-refractivity contribution < 1.29 is 14.3 Å². The molecule has 1 aliphatic heterocycles. The number of thiophene rings is 1. The van der Waals surface area contributed by atoms with Crippen LogP contribution >= 0.6 is 11.3 Å². The Balaban J connectivity index is 1.38. The van der Waals surface area contributed by atoms with Crippen LogP contribution in [0.5, 0.6) is 11.5 Å². The third-order valence-corrected chi connectivity index (χ3v) is 6.28. The predicted molar refractivity (Wildman–Crippen MR) is 107 cm³/mol. The highest BCUT2D eigenvalue weighted by Crippen LogP contribution is 2.34. The number of benzene rings is 1. The molecule has 7 nitrogen and oxygen atoms in total. The van der Waals surface area contributed by atoms with Crippen LogP contribution in [0.3, 0.4) is 0 Å². The van der Waals surface area contributed by atoms with Crippen LogP contribution in [-0.4, -0.2) is 28.7 Å². The van der Waals surface area contributed by atoms with Crippen molar-refractivity contribution in [2.75, 3.05) is 18.5 Å². The fraction of sp³-hybridized carbons (Fsp3) is 0.350. The fourth-order valence-electron chi connectivity index (χ4n) is 3.77. The van der Waals surface area contributed by atoms with Crippen molar-refractivity contribution in [3.8, 4) is 11.5 Å². The first-order chi connectivity index (χ1) is 13.7. The van der Waals surface area contributed by atoms with Crippen molar-refractivity contribution >= 4 is 33.1 Å². The van der Waals surface area contributed by atoms with E-state index in [-0.39, 0.29) is 18.0 Å². The Morgan fingerprint density at radius 2 is 2.00 bits per heavy atom. The molecule has 1 aromatic carbocycles. The maximum atomic E-state index is 13.0. The molecule has 144 valence electrons. The zero-order valence-corrected chi connectivity index (χ0v) is 16.0. The SMILES string of the molecule is O=C(Cn1cnc2sc3c(c2c1=O)CCCC3)Nc1ccc2c(c1)OCCO2. The van der Waals surface area contributed by atoms with Crippen molar-refractivity contribution in [2.45, 2.75) is 32.2 Å². The van der Waals surface area contributed by atoms with E-state index in [1.54, 1.807) is 29.5 Å². The molecule has 0 saturated heterocycles. The normalized spacial score (nSPS) is 15.3. The van der Waals surface area contributed by atoms with Crippen LogP contribution < -0.4 is 20.3 Å². The second kappa shape index (κ2) is 6.94. The van der Waals surface area contributed by atoms with E-state index in [9.17, 15) is 9.59 Å². The summed E-state index contributed by atoms with van der Waals surface area (Å²) in [5.41, 5.74) is 1.59. The number of hydrogen-bond acceptors (Lipinski definition) is 6. The third-order valence-electron chi connectivity index (χ3n) is 5.08. The zero-order valence-electron chi connectivity index (χ0n) is 15.2. The number of carbonyl (C=O) groups excluding carboxylic acids is 1. The number of amides is 1. The van der Waals surface area contributed by atoms with Gasteiger partial charge in [0, 0.05) is 16.6 Å². The number of rotatable bonds is 3. The van der Waals surface area contributed by atoms with Crippen LogP contribution in [0.25, 0.3) is 10.2 Å². The Morgan fingerprint density at radius 1 is 1.18 bits per heavy atom. The summed E-state index contributed by atoms with van der Waals surface area (Å²) in [6.07, 6.45) is 5.65. The molecule has 2 aliphatic rings. The molecule has 0 radical (unpaired) electrons. The van der Waals surface area contributed by atoms with Crippen molar-refractivity contribution in [3.63, 3.8) is 0 Å². The van der Waals surface area contributed by atoms with Crippen LogP contribution in [0.4, 0.5) is 5.69 Å². The van der Waals surface area contributed by atoms with Gasteiger partial charge in [-0.3, -0.25) is 14.2 Å². The van der Waals surface area contributed by atoms with Gasteiger partial charge in [-0.25, -0.2) is 4.98 Å². The maximum absolute atomic E-state index is 13.0. The summed E-state index contributed by atoms with van der Waals surface area (Å²) in [5, 5.41) is 3.50. The molecule has 1 amide bonds. The van der Waals surface area contributed by atoms with Crippen LogP contribution in [0.1, 0.15) is 23.3 Å². The average molecular weight is 397 g/mol. The summed E-state index contributed by atoms with van der Waals surface area (Å²) in [4.78, 5) is 31.9. The molecule has 28 heavy (non-hydrogen) atoms. The summed E-state index contributed by atoms with van der Waals surface area (Å²) in [6.45, 7) is 0.917.